The smallest absolute Gasteiger partial charge is 0.0732 e. The van der Waals surface area contributed by atoms with Crippen LogP contribution in [0.4, 0.5) is 0 Å². The summed E-state index contributed by atoms with van der Waals surface area (Å²) in [5.41, 5.74) is 4.33. The van der Waals surface area contributed by atoms with Crippen molar-refractivity contribution in [3.63, 3.8) is 0 Å². The van der Waals surface area contributed by atoms with Crippen molar-refractivity contribution in [2.45, 2.75) is 26.2 Å². The standard InChI is InChI=1S/C14H14I2S/c1-14(2,3)9-4-5-10(12(15)8-9)11-6-7-17-13(11)16/h4-8H,1-3H3. The maximum Gasteiger partial charge on any atom is 0.0732 e. The molecule has 17 heavy (non-hydrogen) atoms. The largest absolute Gasteiger partial charge is 0.137 e. The molecule has 90 valence electrons. The third kappa shape index (κ3) is 3.04. The van der Waals surface area contributed by atoms with Gasteiger partial charge in [0.2, 0.25) is 0 Å². The average molecular weight is 468 g/mol. The lowest BCUT2D eigenvalue weighted by Crippen LogP contribution is -2.11. The van der Waals surface area contributed by atoms with Crippen molar-refractivity contribution in [2.75, 3.05) is 0 Å². The van der Waals surface area contributed by atoms with Gasteiger partial charge in [-0.3, -0.25) is 0 Å². The molecular weight excluding hydrogens is 454 g/mol. The normalized spacial score (nSPS) is 11.8. The third-order valence-electron chi connectivity index (χ3n) is 2.74. The molecule has 1 heterocycles. The average Bonchev–Trinajstić information content (AvgIpc) is 2.63. The second-order valence-corrected chi connectivity index (χ2v) is 8.94. The van der Waals surface area contributed by atoms with Crippen LogP contribution in [-0.2, 0) is 5.41 Å². The van der Waals surface area contributed by atoms with Crippen LogP contribution in [-0.4, -0.2) is 0 Å². The van der Waals surface area contributed by atoms with E-state index in [9.17, 15) is 0 Å². The van der Waals surface area contributed by atoms with Crippen molar-refractivity contribution >= 4 is 56.5 Å². The third-order valence-corrected chi connectivity index (χ3v) is 5.68. The summed E-state index contributed by atoms with van der Waals surface area (Å²) in [6, 6.07) is 9.03. The zero-order chi connectivity index (χ0) is 12.6. The number of benzene rings is 1. The SMILES string of the molecule is CC(C)(C)c1ccc(-c2ccsc2I)c(I)c1. The van der Waals surface area contributed by atoms with Crippen LogP contribution in [0.5, 0.6) is 0 Å². The van der Waals surface area contributed by atoms with E-state index in [4.69, 9.17) is 0 Å². The van der Waals surface area contributed by atoms with Gasteiger partial charge in [-0.05, 0) is 79.2 Å². The molecule has 1 aromatic carbocycles. The first-order valence-electron chi connectivity index (χ1n) is 5.43. The molecule has 0 aliphatic carbocycles. The Morgan fingerprint density at radius 2 is 1.71 bits per heavy atom. The molecule has 0 saturated carbocycles. The Balaban J connectivity index is 2.50. The van der Waals surface area contributed by atoms with Crippen LogP contribution in [0.3, 0.4) is 0 Å². The summed E-state index contributed by atoms with van der Waals surface area (Å²) in [7, 11) is 0. The van der Waals surface area contributed by atoms with Gasteiger partial charge in [-0.2, -0.15) is 0 Å². The number of rotatable bonds is 1. The highest BCUT2D eigenvalue weighted by Crippen LogP contribution is 2.34. The summed E-state index contributed by atoms with van der Waals surface area (Å²) in [5, 5.41) is 2.16. The predicted octanol–water partition coefficient (Wildman–Crippen LogP) is 5.92. The Bertz CT molecular complexity index is 535. The van der Waals surface area contributed by atoms with E-state index < -0.39 is 0 Å². The molecule has 3 heteroatoms. The fourth-order valence-electron chi connectivity index (χ4n) is 1.69. The topological polar surface area (TPSA) is 0 Å². The Labute approximate surface area is 134 Å². The van der Waals surface area contributed by atoms with E-state index in [-0.39, 0.29) is 5.41 Å². The quantitative estimate of drug-likeness (QED) is 0.456. The van der Waals surface area contributed by atoms with Crippen molar-refractivity contribution in [1.82, 2.24) is 0 Å². The van der Waals surface area contributed by atoms with Crippen LogP contribution in [0.25, 0.3) is 11.1 Å². The highest BCUT2D eigenvalue weighted by atomic mass is 127. The van der Waals surface area contributed by atoms with E-state index >= 15 is 0 Å². The fraction of sp³-hybridized carbons (Fsp3) is 0.286. The zero-order valence-electron chi connectivity index (χ0n) is 10.1. The molecule has 0 radical (unpaired) electrons. The Morgan fingerprint density at radius 1 is 1.00 bits per heavy atom. The van der Waals surface area contributed by atoms with E-state index in [2.05, 4.69) is 95.6 Å². The van der Waals surface area contributed by atoms with Crippen molar-refractivity contribution < 1.29 is 0 Å². The summed E-state index contributed by atoms with van der Waals surface area (Å²) in [4.78, 5) is 0. The minimum atomic E-state index is 0.222. The lowest BCUT2D eigenvalue weighted by Gasteiger charge is -2.20. The van der Waals surface area contributed by atoms with Crippen LogP contribution in [0.1, 0.15) is 26.3 Å². The molecule has 0 spiro atoms. The molecule has 0 bridgehead atoms. The van der Waals surface area contributed by atoms with Gasteiger partial charge >= 0.3 is 0 Å². The fourth-order valence-corrected chi connectivity index (χ4v) is 4.03. The van der Waals surface area contributed by atoms with Crippen LogP contribution < -0.4 is 0 Å². The van der Waals surface area contributed by atoms with E-state index in [0.29, 0.717) is 0 Å². The number of hydrogen-bond acceptors (Lipinski definition) is 1. The van der Waals surface area contributed by atoms with Gasteiger partial charge in [0.25, 0.3) is 0 Å². The van der Waals surface area contributed by atoms with E-state index in [1.807, 2.05) is 0 Å². The van der Waals surface area contributed by atoms with Gasteiger partial charge in [0.1, 0.15) is 0 Å². The first-order valence-corrected chi connectivity index (χ1v) is 8.46. The van der Waals surface area contributed by atoms with Gasteiger partial charge in [-0.1, -0.05) is 32.9 Å². The molecule has 0 N–H and O–H groups in total. The van der Waals surface area contributed by atoms with E-state index in [1.165, 1.54) is 23.1 Å². The molecule has 0 atom stereocenters. The van der Waals surface area contributed by atoms with Gasteiger partial charge in [-0.25, -0.2) is 0 Å². The number of thiophene rings is 1. The van der Waals surface area contributed by atoms with Gasteiger partial charge in [0.05, 0.1) is 2.88 Å². The van der Waals surface area contributed by atoms with E-state index in [0.717, 1.165) is 0 Å². The highest BCUT2D eigenvalue weighted by Gasteiger charge is 2.16. The van der Waals surface area contributed by atoms with Crippen LogP contribution in [0.15, 0.2) is 29.6 Å². The minimum Gasteiger partial charge on any atom is -0.137 e. The molecule has 0 saturated heterocycles. The summed E-state index contributed by atoms with van der Waals surface area (Å²) in [6.45, 7) is 6.77. The maximum atomic E-state index is 2.45. The molecule has 0 aliphatic rings. The lowest BCUT2D eigenvalue weighted by atomic mass is 9.86. The molecule has 0 aliphatic heterocycles. The highest BCUT2D eigenvalue weighted by molar-refractivity contribution is 14.1. The summed E-state index contributed by atoms with van der Waals surface area (Å²) < 4.78 is 2.70. The van der Waals surface area contributed by atoms with Gasteiger partial charge in [-0.15, -0.1) is 11.3 Å². The minimum absolute atomic E-state index is 0.222. The predicted molar refractivity (Wildman–Crippen MR) is 93.9 cm³/mol. The second kappa shape index (κ2) is 5.17. The maximum absolute atomic E-state index is 2.45. The number of hydrogen-bond donors (Lipinski definition) is 0. The van der Waals surface area contributed by atoms with Gasteiger partial charge in [0.15, 0.2) is 0 Å². The summed E-state index contributed by atoms with van der Waals surface area (Å²) >= 11 is 6.66. The molecule has 0 fully saturated rings. The molecule has 2 aromatic rings. The molecule has 0 amide bonds. The summed E-state index contributed by atoms with van der Waals surface area (Å²) in [5.74, 6) is 0. The lowest BCUT2D eigenvalue weighted by molar-refractivity contribution is 0.590. The molecule has 0 nitrogen and oxygen atoms in total. The first-order chi connectivity index (χ1) is 7.89. The van der Waals surface area contributed by atoms with Crippen LogP contribution in [0.2, 0.25) is 0 Å². The zero-order valence-corrected chi connectivity index (χ0v) is 15.2. The van der Waals surface area contributed by atoms with Crippen LogP contribution >= 0.6 is 56.5 Å². The Hall–Kier alpha value is 0.380. The monoisotopic (exact) mass is 468 g/mol. The van der Waals surface area contributed by atoms with Crippen LogP contribution in [0, 0.1) is 6.45 Å². The second-order valence-electron chi connectivity index (χ2n) is 5.05. The Kier molecular flexibility index (Phi) is 4.20. The van der Waals surface area contributed by atoms with Crippen molar-refractivity contribution in [2.24, 2.45) is 0 Å². The molecule has 0 unspecified atom stereocenters. The molecular formula is C14H14I2S. The van der Waals surface area contributed by atoms with Crippen molar-refractivity contribution in [1.29, 1.82) is 0 Å². The van der Waals surface area contributed by atoms with Crippen molar-refractivity contribution in [3.8, 4) is 11.1 Å². The summed E-state index contributed by atoms with van der Waals surface area (Å²) in [6.07, 6.45) is 0. The first kappa shape index (κ1) is 13.8. The van der Waals surface area contributed by atoms with Crippen molar-refractivity contribution in [3.05, 3.63) is 41.7 Å². The van der Waals surface area contributed by atoms with Gasteiger partial charge in [0, 0.05) is 9.13 Å². The number of halogens is 2. The molecule has 1 aromatic heterocycles. The molecule has 2 rings (SSSR count). The Morgan fingerprint density at radius 3 is 2.18 bits per heavy atom. The van der Waals surface area contributed by atoms with E-state index in [1.54, 1.807) is 11.3 Å². The van der Waals surface area contributed by atoms with Gasteiger partial charge < -0.3 is 0 Å².